The number of hydrogen-bond donors (Lipinski definition) is 0. The molecule has 1 aliphatic heterocycles. The van der Waals surface area contributed by atoms with Gasteiger partial charge in [-0.15, -0.1) is 0 Å². The molecular formula is C22H26FNO3S. The number of carbonyl (C=O) groups excluding carboxylic acids is 1. The van der Waals surface area contributed by atoms with Crippen LogP contribution in [0.4, 0.5) is 4.39 Å². The summed E-state index contributed by atoms with van der Waals surface area (Å²) in [6.07, 6.45) is 0.761. The molecule has 1 aliphatic rings. The van der Waals surface area contributed by atoms with Crippen molar-refractivity contribution < 1.29 is 17.6 Å². The topological polar surface area (TPSA) is 54.5 Å². The molecule has 3 rings (SSSR count). The Hall–Kier alpha value is -2.21. The van der Waals surface area contributed by atoms with Gasteiger partial charge in [-0.2, -0.15) is 0 Å². The fourth-order valence-corrected chi connectivity index (χ4v) is 5.21. The molecule has 0 saturated carbocycles. The van der Waals surface area contributed by atoms with E-state index in [0.29, 0.717) is 31.5 Å². The minimum Gasteiger partial charge on any atom is -0.339 e. The first-order valence-electron chi connectivity index (χ1n) is 9.48. The molecule has 1 heterocycles. The third-order valence-corrected chi connectivity index (χ3v) is 7.59. The molecule has 0 aliphatic carbocycles. The molecule has 1 fully saturated rings. The summed E-state index contributed by atoms with van der Waals surface area (Å²) in [6, 6.07) is 12.5. The summed E-state index contributed by atoms with van der Waals surface area (Å²) in [5.74, 6) is -0.532. The zero-order valence-corrected chi connectivity index (χ0v) is 17.3. The fraction of sp³-hybridized carbons (Fsp3) is 0.409. The molecule has 2 aromatic carbocycles. The number of nitrogens with zero attached hydrogens (tertiary/aromatic N) is 1. The van der Waals surface area contributed by atoms with Crippen LogP contribution in [-0.4, -0.2) is 37.6 Å². The normalized spacial score (nSPS) is 16.2. The van der Waals surface area contributed by atoms with Gasteiger partial charge in [-0.25, -0.2) is 12.8 Å². The van der Waals surface area contributed by atoms with Crippen molar-refractivity contribution in [2.24, 2.45) is 0 Å². The van der Waals surface area contributed by atoms with Crippen molar-refractivity contribution in [3.8, 4) is 0 Å². The number of piperidine rings is 1. The fourth-order valence-electron chi connectivity index (χ4n) is 3.48. The lowest BCUT2D eigenvalue weighted by molar-refractivity contribution is 0.0725. The molecule has 0 bridgehead atoms. The zero-order chi connectivity index (χ0) is 20.5. The Balaban J connectivity index is 1.66. The highest BCUT2D eigenvalue weighted by Crippen LogP contribution is 2.26. The van der Waals surface area contributed by atoms with Crippen molar-refractivity contribution in [1.82, 2.24) is 4.90 Å². The maximum Gasteiger partial charge on any atom is 0.253 e. The van der Waals surface area contributed by atoms with E-state index >= 15 is 0 Å². The minimum atomic E-state index is -3.52. The van der Waals surface area contributed by atoms with E-state index in [0.717, 1.165) is 17.7 Å². The summed E-state index contributed by atoms with van der Waals surface area (Å²) >= 11 is 0. The molecule has 0 radical (unpaired) electrons. The number of likely N-dealkylation sites (tertiary alicyclic amines) is 1. The van der Waals surface area contributed by atoms with Gasteiger partial charge in [-0.1, -0.05) is 32.9 Å². The third-order valence-electron chi connectivity index (χ3n) is 5.31. The van der Waals surface area contributed by atoms with E-state index in [9.17, 15) is 17.6 Å². The Kier molecular flexibility index (Phi) is 5.62. The van der Waals surface area contributed by atoms with Gasteiger partial charge < -0.3 is 4.90 Å². The average molecular weight is 404 g/mol. The Morgan fingerprint density at radius 1 is 0.964 bits per heavy atom. The van der Waals surface area contributed by atoms with E-state index in [1.807, 2.05) is 24.3 Å². The molecule has 1 saturated heterocycles. The maximum absolute atomic E-state index is 13.1. The molecule has 1 amide bonds. The van der Waals surface area contributed by atoms with Gasteiger partial charge >= 0.3 is 0 Å². The van der Waals surface area contributed by atoms with Crippen LogP contribution in [0.15, 0.2) is 53.4 Å². The predicted molar refractivity (Wildman–Crippen MR) is 108 cm³/mol. The van der Waals surface area contributed by atoms with Crippen LogP contribution < -0.4 is 0 Å². The van der Waals surface area contributed by atoms with Gasteiger partial charge in [0, 0.05) is 18.7 Å². The first-order chi connectivity index (χ1) is 13.1. The van der Waals surface area contributed by atoms with Crippen molar-refractivity contribution in [3.05, 3.63) is 65.5 Å². The minimum absolute atomic E-state index is 0.0225. The zero-order valence-electron chi connectivity index (χ0n) is 16.5. The number of halogens is 1. The molecule has 2 aromatic rings. The summed E-state index contributed by atoms with van der Waals surface area (Å²) in [6.45, 7) is 7.15. The number of rotatable bonds is 3. The first kappa shape index (κ1) is 20.5. The van der Waals surface area contributed by atoms with Gasteiger partial charge in [0.25, 0.3) is 5.91 Å². The summed E-state index contributed by atoms with van der Waals surface area (Å²) in [5.41, 5.74) is 1.80. The summed E-state index contributed by atoms with van der Waals surface area (Å²) in [4.78, 5) is 14.6. The van der Waals surface area contributed by atoms with Crippen molar-refractivity contribution in [1.29, 1.82) is 0 Å². The van der Waals surface area contributed by atoms with Crippen LogP contribution >= 0.6 is 0 Å². The van der Waals surface area contributed by atoms with E-state index in [1.165, 1.54) is 12.1 Å². The number of carbonyl (C=O) groups is 1. The highest BCUT2D eigenvalue weighted by Gasteiger charge is 2.33. The number of hydrogen-bond acceptors (Lipinski definition) is 3. The second-order valence-corrected chi connectivity index (χ2v) is 10.5. The summed E-state index contributed by atoms with van der Waals surface area (Å²) < 4.78 is 38.6. The van der Waals surface area contributed by atoms with Crippen LogP contribution in [0.3, 0.4) is 0 Å². The molecule has 4 nitrogen and oxygen atoms in total. The van der Waals surface area contributed by atoms with Gasteiger partial charge in [0.15, 0.2) is 9.84 Å². The van der Waals surface area contributed by atoms with Crippen LogP contribution in [0.1, 0.15) is 49.5 Å². The second kappa shape index (κ2) is 7.66. The molecule has 0 aromatic heterocycles. The molecule has 150 valence electrons. The highest BCUT2D eigenvalue weighted by atomic mass is 32.2. The Morgan fingerprint density at radius 3 is 2.00 bits per heavy atom. The van der Waals surface area contributed by atoms with E-state index in [1.54, 1.807) is 4.90 Å². The summed E-state index contributed by atoms with van der Waals surface area (Å²) in [5, 5.41) is -0.551. The average Bonchev–Trinajstić information content (AvgIpc) is 2.67. The first-order valence-corrected chi connectivity index (χ1v) is 11.0. The highest BCUT2D eigenvalue weighted by molar-refractivity contribution is 7.92. The standard InChI is InChI=1S/C22H26FNO3S/c1-22(2,3)17-6-4-16(5-7-17)21(25)24-14-12-20(13-15-24)28(26,27)19-10-8-18(23)9-11-19/h4-11,20H,12-15H2,1-3H3. The molecular weight excluding hydrogens is 377 g/mol. The number of amides is 1. The van der Waals surface area contributed by atoms with Crippen LogP contribution in [-0.2, 0) is 15.3 Å². The Labute approximate surface area is 166 Å². The number of sulfone groups is 1. The molecule has 0 unspecified atom stereocenters. The Morgan fingerprint density at radius 2 is 1.50 bits per heavy atom. The lowest BCUT2D eigenvalue weighted by Gasteiger charge is -2.32. The van der Waals surface area contributed by atoms with Crippen molar-refractivity contribution in [3.63, 3.8) is 0 Å². The maximum atomic E-state index is 13.1. The lowest BCUT2D eigenvalue weighted by Crippen LogP contribution is -2.42. The van der Waals surface area contributed by atoms with Crippen LogP contribution in [0.25, 0.3) is 0 Å². The molecule has 28 heavy (non-hydrogen) atoms. The second-order valence-electron chi connectivity index (χ2n) is 8.32. The van der Waals surface area contributed by atoms with Crippen molar-refractivity contribution >= 4 is 15.7 Å². The van der Waals surface area contributed by atoms with Gasteiger partial charge in [0.1, 0.15) is 5.82 Å². The monoisotopic (exact) mass is 403 g/mol. The van der Waals surface area contributed by atoms with E-state index < -0.39 is 20.9 Å². The van der Waals surface area contributed by atoms with E-state index in [4.69, 9.17) is 0 Å². The number of benzene rings is 2. The third kappa shape index (κ3) is 4.27. The lowest BCUT2D eigenvalue weighted by atomic mass is 9.86. The molecule has 0 spiro atoms. The van der Waals surface area contributed by atoms with Crippen LogP contribution in [0.2, 0.25) is 0 Å². The van der Waals surface area contributed by atoms with Gasteiger partial charge in [0.2, 0.25) is 0 Å². The SMILES string of the molecule is CC(C)(C)c1ccc(C(=O)N2CCC(S(=O)(=O)c3ccc(F)cc3)CC2)cc1. The van der Waals surface area contributed by atoms with Gasteiger partial charge in [-0.05, 0) is 60.2 Å². The van der Waals surface area contributed by atoms with Gasteiger partial charge in [-0.3, -0.25) is 4.79 Å². The molecule has 0 atom stereocenters. The smallest absolute Gasteiger partial charge is 0.253 e. The predicted octanol–water partition coefficient (Wildman–Crippen LogP) is 4.20. The molecule has 0 N–H and O–H groups in total. The van der Waals surface area contributed by atoms with Crippen molar-refractivity contribution in [2.75, 3.05) is 13.1 Å². The summed E-state index contributed by atoms with van der Waals surface area (Å²) in [7, 11) is -3.52. The van der Waals surface area contributed by atoms with E-state index in [-0.39, 0.29) is 16.2 Å². The van der Waals surface area contributed by atoms with E-state index in [2.05, 4.69) is 20.8 Å². The molecule has 6 heteroatoms. The Bertz CT molecular complexity index is 937. The largest absolute Gasteiger partial charge is 0.339 e. The van der Waals surface area contributed by atoms with Crippen LogP contribution in [0, 0.1) is 5.82 Å². The van der Waals surface area contributed by atoms with Crippen molar-refractivity contribution in [2.45, 2.75) is 49.2 Å². The quantitative estimate of drug-likeness (QED) is 0.722. The van der Waals surface area contributed by atoms with Gasteiger partial charge in [0.05, 0.1) is 10.1 Å². The van der Waals surface area contributed by atoms with Crippen LogP contribution in [0.5, 0.6) is 0 Å².